The number of aromatic nitrogens is 3. The number of amides is 1. The molecule has 1 aliphatic rings. The SMILES string of the molecule is Cl.O=C(CC1COCCN1)Nc1ccc(-c2ncn[nH]2)cc1. The summed E-state index contributed by atoms with van der Waals surface area (Å²) < 4.78 is 5.33. The van der Waals surface area contributed by atoms with Crippen LogP contribution in [0.3, 0.4) is 0 Å². The number of rotatable bonds is 4. The molecule has 22 heavy (non-hydrogen) atoms. The van der Waals surface area contributed by atoms with E-state index in [1.165, 1.54) is 6.33 Å². The summed E-state index contributed by atoms with van der Waals surface area (Å²) in [6, 6.07) is 7.56. The maximum Gasteiger partial charge on any atom is 0.226 e. The zero-order valence-electron chi connectivity index (χ0n) is 11.9. The smallest absolute Gasteiger partial charge is 0.226 e. The molecule has 7 nitrogen and oxygen atoms in total. The topological polar surface area (TPSA) is 91.9 Å². The number of aromatic amines is 1. The average Bonchev–Trinajstić information content (AvgIpc) is 3.03. The summed E-state index contributed by atoms with van der Waals surface area (Å²) in [5.74, 6) is 0.682. The number of anilines is 1. The third kappa shape index (κ3) is 4.27. The van der Waals surface area contributed by atoms with E-state index in [2.05, 4.69) is 25.8 Å². The lowest BCUT2D eigenvalue weighted by molar-refractivity contribution is -0.117. The molecule has 1 atom stereocenters. The molecule has 1 unspecified atom stereocenters. The molecule has 0 radical (unpaired) electrons. The number of halogens is 1. The van der Waals surface area contributed by atoms with Gasteiger partial charge in [0.1, 0.15) is 6.33 Å². The van der Waals surface area contributed by atoms with Gasteiger partial charge in [-0.15, -0.1) is 12.4 Å². The van der Waals surface area contributed by atoms with Crippen LogP contribution in [0.2, 0.25) is 0 Å². The highest BCUT2D eigenvalue weighted by Crippen LogP contribution is 2.17. The molecule has 0 bridgehead atoms. The molecule has 0 saturated carbocycles. The number of morpholine rings is 1. The normalized spacial score (nSPS) is 17.5. The molecule has 1 aromatic heterocycles. The number of hydrogen-bond acceptors (Lipinski definition) is 5. The number of ether oxygens (including phenoxy) is 1. The Morgan fingerprint density at radius 2 is 2.18 bits per heavy atom. The van der Waals surface area contributed by atoms with Gasteiger partial charge in [0, 0.05) is 30.3 Å². The van der Waals surface area contributed by atoms with Crippen LogP contribution < -0.4 is 10.6 Å². The van der Waals surface area contributed by atoms with E-state index in [0.717, 1.165) is 17.8 Å². The van der Waals surface area contributed by atoms with E-state index in [0.29, 0.717) is 25.5 Å². The van der Waals surface area contributed by atoms with E-state index in [4.69, 9.17) is 4.74 Å². The molecule has 0 spiro atoms. The van der Waals surface area contributed by atoms with Gasteiger partial charge in [-0.05, 0) is 24.3 Å². The first-order valence-electron chi connectivity index (χ1n) is 6.88. The molecular weight excluding hydrogens is 306 g/mol. The van der Waals surface area contributed by atoms with Crippen LogP contribution in [-0.2, 0) is 9.53 Å². The summed E-state index contributed by atoms with van der Waals surface area (Å²) in [4.78, 5) is 16.0. The van der Waals surface area contributed by atoms with Crippen LogP contribution >= 0.6 is 12.4 Å². The van der Waals surface area contributed by atoms with Crippen molar-refractivity contribution in [2.45, 2.75) is 12.5 Å². The Bertz CT molecular complexity index is 582. The van der Waals surface area contributed by atoms with E-state index < -0.39 is 0 Å². The first kappa shape index (κ1) is 16.4. The first-order valence-corrected chi connectivity index (χ1v) is 6.88. The maximum atomic E-state index is 12.0. The van der Waals surface area contributed by atoms with Crippen LogP contribution in [0.25, 0.3) is 11.4 Å². The number of benzene rings is 1. The summed E-state index contributed by atoms with van der Waals surface area (Å²) in [6.45, 7) is 2.09. The molecule has 1 fully saturated rings. The predicted octanol–water partition coefficient (Wildman–Crippen LogP) is 1.21. The van der Waals surface area contributed by atoms with Crippen molar-refractivity contribution in [2.75, 3.05) is 25.1 Å². The Morgan fingerprint density at radius 1 is 1.36 bits per heavy atom. The Hall–Kier alpha value is -1.96. The second-order valence-electron chi connectivity index (χ2n) is 4.89. The van der Waals surface area contributed by atoms with Crippen molar-refractivity contribution in [2.24, 2.45) is 0 Å². The van der Waals surface area contributed by atoms with Crippen LogP contribution in [0, 0.1) is 0 Å². The standard InChI is InChI=1S/C14H17N5O2.ClH/c20-13(7-12-8-21-6-5-15-12)18-11-3-1-10(2-4-11)14-16-9-17-19-14;/h1-4,9,12,15H,5-8H2,(H,18,20)(H,16,17,19);1H. The fourth-order valence-electron chi connectivity index (χ4n) is 2.24. The quantitative estimate of drug-likeness (QED) is 0.786. The van der Waals surface area contributed by atoms with Gasteiger partial charge in [-0.25, -0.2) is 4.98 Å². The Balaban J connectivity index is 0.00000176. The minimum atomic E-state index is -0.0228. The molecule has 3 N–H and O–H groups in total. The molecule has 118 valence electrons. The van der Waals surface area contributed by atoms with Gasteiger partial charge in [-0.2, -0.15) is 5.10 Å². The lowest BCUT2D eigenvalue weighted by Crippen LogP contribution is -2.43. The molecule has 2 heterocycles. The van der Waals surface area contributed by atoms with E-state index in [1.54, 1.807) is 0 Å². The van der Waals surface area contributed by atoms with Gasteiger partial charge in [-0.3, -0.25) is 9.89 Å². The van der Waals surface area contributed by atoms with Gasteiger partial charge < -0.3 is 15.4 Å². The van der Waals surface area contributed by atoms with Gasteiger partial charge in [0.25, 0.3) is 0 Å². The van der Waals surface area contributed by atoms with Gasteiger partial charge in [-0.1, -0.05) is 0 Å². The number of hydrogen-bond donors (Lipinski definition) is 3. The molecule has 1 saturated heterocycles. The third-order valence-electron chi connectivity index (χ3n) is 3.29. The van der Waals surface area contributed by atoms with Gasteiger partial charge in [0.2, 0.25) is 5.91 Å². The zero-order chi connectivity index (χ0) is 14.5. The van der Waals surface area contributed by atoms with Crippen molar-refractivity contribution in [1.29, 1.82) is 0 Å². The van der Waals surface area contributed by atoms with Crippen LogP contribution in [0.4, 0.5) is 5.69 Å². The molecule has 2 aromatic rings. The minimum absolute atomic E-state index is 0. The highest BCUT2D eigenvalue weighted by atomic mass is 35.5. The molecule has 3 rings (SSSR count). The minimum Gasteiger partial charge on any atom is -0.378 e. The van der Waals surface area contributed by atoms with Crippen molar-refractivity contribution in [3.63, 3.8) is 0 Å². The van der Waals surface area contributed by atoms with Crippen molar-refractivity contribution in [3.05, 3.63) is 30.6 Å². The van der Waals surface area contributed by atoms with Crippen molar-refractivity contribution in [1.82, 2.24) is 20.5 Å². The van der Waals surface area contributed by atoms with Gasteiger partial charge in [0.05, 0.1) is 13.2 Å². The predicted molar refractivity (Wildman–Crippen MR) is 84.9 cm³/mol. The van der Waals surface area contributed by atoms with E-state index in [9.17, 15) is 4.79 Å². The Morgan fingerprint density at radius 3 is 2.82 bits per heavy atom. The number of H-pyrrole nitrogens is 1. The third-order valence-corrected chi connectivity index (χ3v) is 3.29. The Kier molecular flexibility index (Phi) is 5.88. The molecule has 8 heteroatoms. The van der Waals surface area contributed by atoms with Crippen LogP contribution in [0.1, 0.15) is 6.42 Å². The molecule has 1 aromatic carbocycles. The van der Waals surface area contributed by atoms with Crippen LogP contribution in [-0.4, -0.2) is 46.9 Å². The Labute approximate surface area is 134 Å². The lowest BCUT2D eigenvalue weighted by atomic mass is 10.1. The van der Waals surface area contributed by atoms with Gasteiger partial charge in [0.15, 0.2) is 5.82 Å². The number of carbonyl (C=O) groups is 1. The first-order chi connectivity index (χ1) is 10.3. The van der Waals surface area contributed by atoms with E-state index >= 15 is 0 Å². The molecule has 0 aliphatic carbocycles. The summed E-state index contributed by atoms with van der Waals surface area (Å²) in [6.07, 6.45) is 1.87. The fourth-order valence-corrected chi connectivity index (χ4v) is 2.24. The average molecular weight is 324 g/mol. The second kappa shape index (κ2) is 7.88. The summed E-state index contributed by atoms with van der Waals surface area (Å²) in [7, 11) is 0. The van der Waals surface area contributed by atoms with E-state index in [-0.39, 0.29) is 24.4 Å². The summed E-state index contributed by atoms with van der Waals surface area (Å²) in [5.41, 5.74) is 1.69. The van der Waals surface area contributed by atoms with Gasteiger partial charge >= 0.3 is 0 Å². The van der Waals surface area contributed by atoms with Crippen molar-refractivity contribution < 1.29 is 9.53 Å². The van der Waals surface area contributed by atoms with Crippen LogP contribution in [0.5, 0.6) is 0 Å². The fraction of sp³-hybridized carbons (Fsp3) is 0.357. The lowest BCUT2D eigenvalue weighted by Gasteiger charge is -2.23. The molecule has 1 amide bonds. The van der Waals surface area contributed by atoms with Crippen LogP contribution in [0.15, 0.2) is 30.6 Å². The number of nitrogens with one attached hydrogen (secondary N) is 3. The summed E-state index contributed by atoms with van der Waals surface area (Å²) in [5, 5.41) is 12.7. The molecular formula is C14H18ClN5O2. The maximum absolute atomic E-state index is 12.0. The number of nitrogens with zero attached hydrogens (tertiary/aromatic N) is 2. The van der Waals surface area contributed by atoms with Crippen molar-refractivity contribution >= 4 is 24.0 Å². The highest BCUT2D eigenvalue weighted by molar-refractivity contribution is 5.91. The molecule has 1 aliphatic heterocycles. The second-order valence-corrected chi connectivity index (χ2v) is 4.89. The van der Waals surface area contributed by atoms with E-state index in [1.807, 2.05) is 24.3 Å². The zero-order valence-corrected chi connectivity index (χ0v) is 12.7. The number of carbonyl (C=O) groups excluding carboxylic acids is 1. The summed E-state index contributed by atoms with van der Waals surface area (Å²) >= 11 is 0. The monoisotopic (exact) mass is 323 g/mol. The largest absolute Gasteiger partial charge is 0.378 e. The van der Waals surface area contributed by atoms with Crippen molar-refractivity contribution in [3.8, 4) is 11.4 Å². The highest BCUT2D eigenvalue weighted by Gasteiger charge is 2.16.